The van der Waals surface area contributed by atoms with Crippen molar-refractivity contribution in [1.29, 1.82) is 0 Å². The summed E-state index contributed by atoms with van der Waals surface area (Å²) in [6.45, 7) is 8.17. The minimum absolute atomic E-state index is 0.410. The van der Waals surface area contributed by atoms with Crippen LogP contribution >= 0.6 is 0 Å². The zero-order valence-corrected chi connectivity index (χ0v) is 13.1. The number of rotatable bonds is 5. The molecule has 0 spiro atoms. The van der Waals surface area contributed by atoms with Gasteiger partial charge in [0.25, 0.3) is 0 Å². The number of aromatic hydroxyl groups is 1. The van der Waals surface area contributed by atoms with Gasteiger partial charge in [0.1, 0.15) is 5.75 Å². The molecule has 2 rings (SSSR count). The van der Waals surface area contributed by atoms with Crippen LogP contribution in [0.3, 0.4) is 0 Å². The molecule has 1 aromatic rings. The molecule has 0 saturated heterocycles. The summed E-state index contributed by atoms with van der Waals surface area (Å²) in [7, 11) is 0. The quantitative estimate of drug-likeness (QED) is 0.809. The maximum Gasteiger partial charge on any atom is 0.115 e. The molecule has 20 heavy (non-hydrogen) atoms. The van der Waals surface area contributed by atoms with Crippen molar-refractivity contribution in [2.75, 3.05) is 19.6 Å². The van der Waals surface area contributed by atoms with E-state index in [1.165, 1.54) is 56.3 Å². The summed E-state index contributed by atoms with van der Waals surface area (Å²) in [6.07, 6.45) is 7.70. The first-order chi connectivity index (χ1) is 9.70. The van der Waals surface area contributed by atoms with Crippen LogP contribution in [-0.4, -0.2) is 29.6 Å². The fourth-order valence-electron chi connectivity index (χ4n) is 3.18. The van der Waals surface area contributed by atoms with Gasteiger partial charge in [0.2, 0.25) is 0 Å². The minimum atomic E-state index is 0.410. The molecule has 112 valence electrons. The highest BCUT2D eigenvalue weighted by Crippen LogP contribution is 2.29. The van der Waals surface area contributed by atoms with E-state index in [0.29, 0.717) is 11.7 Å². The lowest BCUT2D eigenvalue weighted by molar-refractivity contribution is 0.255. The van der Waals surface area contributed by atoms with Gasteiger partial charge < -0.3 is 10.0 Å². The molecule has 1 heterocycles. The standard InChI is InChI=1S/C18H29NO/c1-3-4-5-6-11-19-12-9-15(2)18-14-17(20)8-7-16(18)10-13-19/h7-8,14-15,20H,3-6,9-13H2,1-2H3/t15-/m0/s1. The van der Waals surface area contributed by atoms with Crippen molar-refractivity contribution in [1.82, 2.24) is 4.90 Å². The molecule has 0 bridgehead atoms. The lowest BCUT2D eigenvalue weighted by Crippen LogP contribution is -2.31. The summed E-state index contributed by atoms with van der Waals surface area (Å²) < 4.78 is 0. The second-order valence-electron chi connectivity index (χ2n) is 6.23. The summed E-state index contributed by atoms with van der Waals surface area (Å²) in [5, 5.41) is 9.68. The Morgan fingerprint density at radius 1 is 1.20 bits per heavy atom. The van der Waals surface area contributed by atoms with Crippen LogP contribution in [0.5, 0.6) is 5.75 Å². The van der Waals surface area contributed by atoms with E-state index < -0.39 is 0 Å². The molecule has 2 nitrogen and oxygen atoms in total. The Morgan fingerprint density at radius 3 is 2.85 bits per heavy atom. The smallest absolute Gasteiger partial charge is 0.115 e. The van der Waals surface area contributed by atoms with Gasteiger partial charge in [-0.2, -0.15) is 0 Å². The summed E-state index contributed by atoms with van der Waals surface area (Å²) in [6, 6.07) is 5.91. The number of unbranched alkanes of at least 4 members (excludes halogenated alkanes) is 3. The monoisotopic (exact) mass is 275 g/mol. The predicted molar refractivity (Wildman–Crippen MR) is 85.4 cm³/mol. The first-order valence-corrected chi connectivity index (χ1v) is 8.25. The van der Waals surface area contributed by atoms with E-state index in [1.807, 2.05) is 12.1 Å². The van der Waals surface area contributed by atoms with Crippen molar-refractivity contribution in [2.24, 2.45) is 0 Å². The van der Waals surface area contributed by atoms with Crippen molar-refractivity contribution in [3.63, 3.8) is 0 Å². The topological polar surface area (TPSA) is 23.5 Å². The van der Waals surface area contributed by atoms with Crippen LogP contribution < -0.4 is 0 Å². The maximum absolute atomic E-state index is 9.68. The van der Waals surface area contributed by atoms with Gasteiger partial charge in [0, 0.05) is 6.54 Å². The normalized spacial score (nSPS) is 20.2. The molecule has 1 N–H and O–H groups in total. The third-order valence-electron chi connectivity index (χ3n) is 4.56. The molecule has 0 fully saturated rings. The highest BCUT2D eigenvalue weighted by atomic mass is 16.3. The number of nitrogens with zero attached hydrogens (tertiary/aromatic N) is 1. The largest absolute Gasteiger partial charge is 0.508 e. The molecule has 0 amide bonds. The number of hydrogen-bond donors (Lipinski definition) is 1. The molecule has 0 radical (unpaired) electrons. The van der Waals surface area contributed by atoms with E-state index >= 15 is 0 Å². The second kappa shape index (κ2) is 7.68. The van der Waals surface area contributed by atoms with Crippen LogP contribution in [0.25, 0.3) is 0 Å². The third kappa shape index (κ3) is 4.24. The van der Waals surface area contributed by atoms with Crippen molar-refractivity contribution < 1.29 is 5.11 Å². The van der Waals surface area contributed by atoms with Gasteiger partial charge in [-0.3, -0.25) is 0 Å². The molecular weight excluding hydrogens is 246 g/mol. The van der Waals surface area contributed by atoms with E-state index in [0.717, 1.165) is 13.0 Å². The molecule has 1 aromatic carbocycles. The predicted octanol–water partition coefficient (Wildman–Crippen LogP) is 4.32. The first kappa shape index (κ1) is 15.4. The molecule has 1 atom stereocenters. The lowest BCUT2D eigenvalue weighted by Gasteiger charge is -2.28. The van der Waals surface area contributed by atoms with Gasteiger partial charge in [0.15, 0.2) is 0 Å². The molecule has 0 unspecified atom stereocenters. The zero-order valence-electron chi connectivity index (χ0n) is 13.1. The Balaban J connectivity index is 1.94. The van der Waals surface area contributed by atoms with Crippen LogP contribution in [0.15, 0.2) is 18.2 Å². The van der Waals surface area contributed by atoms with Crippen molar-refractivity contribution >= 4 is 0 Å². The Kier molecular flexibility index (Phi) is 5.90. The fraction of sp³-hybridized carbons (Fsp3) is 0.667. The van der Waals surface area contributed by atoms with Gasteiger partial charge in [-0.05, 0) is 61.5 Å². The molecular formula is C18H29NO. The highest BCUT2D eigenvalue weighted by Gasteiger charge is 2.17. The SMILES string of the molecule is CCCCCCN1CCc2ccc(O)cc2[C@@H](C)CC1. The van der Waals surface area contributed by atoms with Gasteiger partial charge in [-0.25, -0.2) is 0 Å². The average molecular weight is 275 g/mol. The van der Waals surface area contributed by atoms with Gasteiger partial charge >= 0.3 is 0 Å². The maximum atomic E-state index is 9.68. The molecule has 1 aliphatic heterocycles. The van der Waals surface area contributed by atoms with E-state index in [9.17, 15) is 5.11 Å². The number of fused-ring (bicyclic) bond motifs is 1. The number of benzene rings is 1. The Morgan fingerprint density at radius 2 is 2.05 bits per heavy atom. The van der Waals surface area contributed by atoms with Crippen LogP contribution in [0.2, 0.25) is 0 Å². The Bertz CT molecular complexity index is 416. The van der Waals surface area contributed by atoms with Crippen LogP contribution in [0, 0.1) is 0 Å². The molecule has 0 aliphatic carbocycles. The Hall–Kier alpha value is -1.02. The number of phenols is 1. The van der Waals surface area contributed by atoms with Crippen LogP contribution in [-0.2, 0) is 6.42 Å². The minimum Gasteiger partial charge on any atom is -0.508 e. The van der Waals surface area contributed by atoms with E-state index in [4.69, 9.17) is 0 Å². The molecule has 0 aromatic heterocycles. The van der Waals surface area contributed by atoms with Gasteiger partial charge in [-0.1, -0.05) is 39.2 Å². The fourth-order valence-corrected chi connectivity index (χ4v) is 3.18. The number of hydrogen-bond acceptors (Lipinski definition) is 2. The summed E-state index contributed by atoms with van der Waals surface area (Å²) in [5.41, 5.74) is 2.78. The van der Waals surface area contributed by atoms with Crippen LogP contribution in [0.1, 0.15) is 63.0 Å². The van der Waals surface area contributed by atoms with Gasteiger partial charge in [0.05, 0.1) is 0 Å². The molecule has 0 saturated carbocycles. The molecule has 2 heteroatoms. The Labute approximate surface area is 123 Å². The number of phenolic OH excluding ortho intramolecular Hbond substituents is 1. The first-order valence-electron chi connectivity index (χ1n) is 8.25. The zero-order chi connectivity index (χ0) is 14.4. The highest BCUT2D eigenvalue weighted by molar-refractivity contribution is 5.37. The molecule has 1 aliphatic rings. The second-order valence-corrected chi connectivity index (χ2v) is 6.23. The third-order valence-corrected chi connectivity index (χ3v) is 4.56. The average Bonchev–Trinajstić information content (AvgIpc) is 2.44. The van der Waals surface area contributed by atoms with Crippen molar-refractivity contribution in [3.8, 4) is 5.75 Å². The lowest BCUT2D eigenvalue weighted by atomic mass is 9.89. The van der Waals surface area contributed by atoms with Crippen LogP contribution in [0.4, 0.5) is 0 Å². The van der Waals surface area contributed by atoms with E-state index in [1.54, 1.807) is 0 Å². The summed E-state index contributed by atoms with van der Waals surface area (Å²) in [5.74, 6) is 0.961. The van der Waals surface area contributed by atoms with E-state index in [2.05, 4.69) is 24.8 Å². The van der Waals surface area contributed by atoms with E-state index in [-0.39, 0.29) is 0 Å². The van der Waals surface area contributed by atoms with Gasteiger partial charge in [-0.15, -0.1) is 0 Å². The van der Waals surface area contributed by atoms with Crippen molar-refractivity contribution in [2.45, 2.75) is 58.3 Å². The summed E-state index contributed by atoms with van der Waals surface area (Å²) >= 11 is 0. The van der Waals surface area contributed by atoms with Crippen molar-refractivity contribution in [3.05, 3.63) is 29.3 Å². The summed E-state index contributed by atoms with van der Waals surface area (Å²) in [4.78, 5) is 2.63.